The highest BCUT2D eigenvalue weighted by atomic mass is 19.1. The van der Waals surface area contributed by atoms with Gasteiger partial charge in [0.15, 0.2) is 11.5 Å². The van der Waals surface area contributed by atoms with Gasteiger partial charge in [-0.3, -0.25) is 0 Å². The van der Waals surface area contributed by atoms with Gasteiger partial charge < -0.3 is 9.47 Å². The van der Waals surface area contributed by atoms with Crippen molar-refractivity contribution in [3.05, 3.63) is 59.4 Å². The fourth-order valence-electron chi connectivity index (χ4n) is 2.06. The number of hydrogen-bond donors (Lipinski definition) is 0. The molecule has 0 aliphatic carbocycles. The molecule has 0 N–H and O–H groups in total. The van der Waals surface area contributed by atoms with Gasteiger partial charge in [0.05, 0.1) is 0 Å². The van der Waals surface area contributed by atoms with Gasteiger partial charge in [-0.2, -0.15) is 0 Å². The third-order valence-electron chi connectivity index (χ3n) is 2.96. The van der Waals surface area contributed by atoms with Gasteiger partial charge in [0.25, 0.3) is 0 Å². The van der Waals surface area contributed by atoms with E-state index in [0.717, 1.165) is 17.1 Å². The number of halogens is 1. The molecule has 0 fully saturated rings. The minimum atomic E-state index is -0.174. The van der Waals surface area contributed by atoms with Crippen molar-refractivity contribution in [3.8, 4) is 11.5 Å². The normalized spacial score (nSPS) is 13.4. The van der Waals surface area contributed by atoms with Crippen molar-refractivity contribution in [1.82, 2.24) is 0 Å². The van der Waals surface area contributed by atoms with E-state index in [4.69, 9.17) is 9.47 Å². The van der Waals surface area contributed by atoms with Crippen molar-refractivity contribution >= 4 is 0 Å². The first kappa shape index (κ1) is 11.1. The molecule has 1 heterocycles. The van der Waals surface area contributed by atoms with Crippen LogP contribution in [-0.4, -0.2) is 13.2 Å². The number of benzene rings is 2. The highest BCUT2D eigenvalue weighted by Gasteiger charge is 2.12. The van der Waals surface area contributed by atoms with Crippen molar-refractivity contribution in [2.75, 3.05) is 13.2 Å². The van der Waals surface area contributed by atoms with Crippen LogP contribution in [0.5, 0.6) is 11.5 Å². The third kappa shape index (κ3) is 2.16. The molecule has 3 heteroatoms. The highest BCUT2D eigenvalue weighted by molar-refractivity contribution is 5.45. The first-order valence-electron chi connectivity index (χ1n) is 5.95. The van der Waals surface area contributed by atoms with Crippen LogP contribution in [0, 0.1) is 5.82 Å². The molecule has 18 heavy (non-hydrogen) atoms. The van der Waals surface area contributed by atoms with E-state index in [1.807, 2.05) is 24.3 Å². The lowest BCUT2D eigenvalue weighted by Gasteiger charge is -2.18. The van der Waals surface area contributed by atoms with Crippen molar-refractivity contribution in [2.45, 2.75) is 6.42 Å². The predicted octanol–water partition coefficient (Wildman–Crippen LogP) is 3.19. The maximum absolute atomic E-state index is 13.6. The summed E-state index contributed by atoms with van der Waals surface area (Å²) in [4.78, 5) is 0. The molecule has 3 rings (SSSR count). The van der Waals surface area contributed by atoms with Crippen LogP contribution in [0.3, 0.4) is 0 Å². The second kappa shape index (κ2) is 4.69. The highest BCUT2D eigenvalue weighted by Crippen LogP contribution is 2.31. The predicted molar refractivity (Wildman–Crippen MR) is 66.6 cm³/mol. The van der Waals surface area contributed by atoms with Crippen LogP contribution in [-0.2, 0) is 6.42 Å². The smallest absolute Gasteiger partial charge is 0.161 e. The Morgan fingerprint density at radius 2 is 1.72 bits per heavy atom. The van der Waals surface area contributed by atoms with E-state index in [0.29, 0.717) is 25.2 Å². The Balaban J connectivity index is 1.87. The van der Waals surface area contributed by atoms with E-state index in [1.165, 1.54) is 6.07 Å². The van der Waals surface area contributed by atoms with E-state index < -0.39 is 0 Å². The van der Waals surface area contributed by atoms with Gasteiger partial charge in [0.1, 0.15) is 19.0 Å². The average molecular weight is 244 g/mol. The van der Waals surface area contributed by atoms with Crippen molar-refractivity contribution in [3.63, 3.8) is 0 Å². The maximum Gasteiger partial charge on any atom is 0.161 e. The zero-order chi connectivity index (χ0) is 12.4. The van der Waals surface area contributed by atoms with E-state index in [1.54, 1.807) is 12.1 Å². The van der Waals surface area contributed by atoms with Crippen LogP contribution in [0.25, 0.3) is 0 Å². The molecule has 2 aromatic rings. The first-order chi connectivity index (χ1) is 8.83. The molecule has 0 bridgehead atoms. The van der Waals surface area contributed by atoms with Gasteiger partial charge in [-0.05, 0) is 29.3 Å². The van der Waals surface area contributed by atoms with Gasteiger partial charge in [0.2, 0.25) is 0 Å². The van der Waals surface area contributed by atoms with Crippen molar-refractivity contribution in [2.24, 2.45) is 0 Å². The minimum absolute atomic E-state index is 0.174. The molecule has 0 saturated heterocycles. The summed E-state index contributed by atoms with van der Waals surface area (Å²) >= 11 is 0. The zero-order valence-corrected chi connectivity index (χ0v) is 9.86. The summed E-state index contributed by atoms with van der Waals surface area (Å²) in [6, 6.07) is 12.6. The van der Waals surface area contributed by atoms with Crippen LogP contribution in [0.15, 0.2) is 42.5 Å². The van der Waals surface area contributed by atoms with Crippen molar-refractivity contribution < 1.29 is 13.9 Å². The molecule has 0 spiro atoms. The summed E-state index contributed by atoms with van der Waals surface area (Å²) in [5, 5.41) is 0. The molecular formula is C15H13FO2. The molecule has 92 valence electrons. The second-order valence-electron chi connectivity index (χ2n) is 4.25. The number of rotatable bonds is 2. The summed E-state index contributed by atoms with van der Waals surface area (Å²) in [5.41, 5.74) is 1.71. The summed E-state index contributed by atoms with van der Waals surface area (Å²) in [7, 11) is 0. The Kier molecular flexibility index (Phi) is 2.89. The molecule has 0 unspecified atom stereocenters. The topological polar surface area (TPSA) is 18.5 Å². The fourth-order valence-corrected chi connectivity index (χ4v) is 2.06. The van der Waals surface area contributed by atoms with Crippen molar-refractivity contribution in [1.29, 1.82) is 0 Å². The van der Waals surface area contributed by atoms with Crippen LogP contribution in [0.4, 0.5) is 4.39 Å². The molecule has 2 nitrogen and oxygen atoms in total. The SMILES string of the molecule is Fc1ccccc1Cc1ccc2c(c1)OCCO2. The van der Waals surface area contributed by atoms with Gasteiger partial charge in [0, 0.05) is 6.42 Å². The molecule has 0 aromatic heterocycles. The Morgan fingerprint density at radius 1 is 0.944 bits per heavy atom. The molecule has 2 aromatic carbocycles. The fraction of sp³-hybridized carbons (Fsp3) is 0.200. The van der Waals surface area contributed by atoms with Gasteiger partial charge in [-0.1, -0.05) is 24.3 Å². The Hall–Kier alpha value is -2.03. The standard InChI is InChI=1S/C15H13FO2/c16-13-4-2-1-3-12(13)9-11-5-6-14-15(10-11)18-8-7-17-14/h1-6,10H,7-9H2. The molecule has 0 amide bonds. The Labute approximate surface area is 105 Å². The number of fused-ring (bicyclic) bond motifs is 1. The van der Waals surface area contributed by atoms with Gasteiger partial charge in [-0.15, -0.1) is 0 Å². The van der Waals surface area contributed by atoms with Crippen LogP contribution in [0.1, 0.15) is 11.1 Å². The van der Waals surface area contributed by atoms with Crippen LogP contribution >= 0.6 is 0 Å². The number of hydrogen-bond acceptors (Lipinski definition) is 2. The lowest BCUT2D eigenvalue weighted by molar-refractivity contribution is 0.171. The second-order valence-corrected chi connectivity index (χ2v) is 4.25. The summed E-state index contributed by atoms with van der Waals surface area (Å²) in [6.45, 7) is 1.15. The van der Waals surface area contributed by atoms with E-state index in [9.17, 15) is 4.39 Å². The molecule has 1 aliphatic rings. The largest absolute Gasteiger partial charge is 0.486 e. The molecular weight excluding hydrogens is 231 g/mol. The number of ether oxygens (including phenoxy) is 2. The van der Waals surface area contributed by atoms with E-state index >= 15 is 0 Å². The van der Waals surface area contributed by atoms with E-state index in [-0.39, 0.29) is 5.82 Å². The quantitative estimate of drug-likeness (QED) is 0.807. The van der Waals surface area contributed by atoms with Gasteiger partial charge in [-0.25, -0.2) is 4.39 Å². The Bertz CT molecular complexity index is 566. The maximum atomic E-state index is 13.6. The lowest BCUT2D eigenvalue weighted by atomic mass is 10.0. The van der Waals surface area contributed by atoms with Gasteiger partial charge >= 0.3 is 0 Å². The lowest BCUT2D eigenvalue weighted by Crippen LogP contribution is -2.15. The Morgan fingerprint density at radius 3 is 2.56 bits per heavy atom. The molecule has 1 aliphatic heterocycles. The summed E-state index contributed by atoms with van der Waals surface area (Å²) in [6.07, 6.45) is 0.559. The molecule has 0 radical (unpaired) electrons. The summed E-state index contributed by atoms with van der Waals surface area (Å²) in [5.74, 6) is 1.33. The van der Waals surface area contributed by atoms with Crippen LogP contribution in [0.2, 0.25) is 0 Å². The monoisotopic (exact) mass is 244 g/mol. The summed E-state index contributed by atoms with van der Waals surface area (Å²) < 4.78 is 24.5. The molecule has 0 atom stereocenters. The van der Waals surface area contributed by atoms with E-state index in [2.05, 4.69) is 0 Å². The zero-order valence-electron chi connectivity index (χ0n) is 9.86. The van der Waals surface area contributed by atoms with Crippen LogP contribution < -0.4 is 9.47 Å². The average Bonchev–Trinajstić information content (AvgIpc) is 2.41. The minimum Gasteiger partial charge on any atom is -0.486 e. The third-order valence-corrected chi connectivity index (χ3v) is 2.96. The molecule has 0 saturated carbocycles. The first-order valence-corrected chi connectivity index (χ1v) is 5.95.